The molecule has 4 heteroatoms. The summed E-state index contributed by atoms with van der Waals surface area (Å²) in [6.07, 6.45) is 3.06. The molecule has 1 aromatic heterocycles. The molecule has 20 heavy (non-hydrogen) atoms. The van der Waals surface area contributed by atoms with E-state index >= 15 is 0 Å². The normalized spacial score (nSPS) is 18.2. The van der Waals surface area contributed by atoms with Crippen LogP contribution in [0.4, 0.5) is 17.2 Å². The lowest BCUT2D eigenvalue weighted by molar-refractivity contribution is 0.617. The standard InChI is InChI=1S/C16H20N4/c1-17-14-8-10-20(12-14)15-7-9-18-16(11-15)19-13-5-3-2-4-6-13/h2-7,9,11,14,17H,8,10,12H2,1H3,(H,18,19)/t14-/m1/s1. The maximum atomic E-state index is 4.39. The first kappa shape index (κ1) is 12.9. The first-order chi connectivity index (χ1) is 9.85. The van der Waals surface area contributed by atoms with Crippen molar-refractivity contribution in [2.75, 3.05) is 30.4 Å². The molecule has 0 amide bonds. The lowest BCUT2D eigenvalue weighted by Gasteiger charge is -2.19. The van der Waals surface area contributed by atoms with Crippen molar-refractivity contribution in [2.45, 2.75) is 12.5 Å². The van der Waals surface area contributed by atoms with E-state index in [9.17, 15) is 0 Å². The van der Waals surface area contributed by atoms with Crippen LogP contribution < -0.4 is 15.5 Å². The second-order valence-electron chi connectivity index (χ2n) is 5.11. The van der Waals surface area contributed by atoms with Crippen LogP contribution in [0.25, 0.3) is 0 Å². The Bertz CT molecular complexity index is 555. The molecule has 104 valence electrons. The van der Waals surface area contributed by atoms with Gasteiger partial charge in [-0.25, -0.2) is 4.98 Å². The molecule has 1 fully saturated rings. The van der Waals surface area contributed by atoms with Gasteiger partial charge in [-0.3, -0.25) is 0 Å². The van der Waals surface area contributed by atoms with Gasteiger partial charge < -0.3 is 15.5 Å². The molecule has 0 bridgehead atoms. The highest BCUT2D eigenvalue weighted by Crippen LogP contribution is 2.23. The van der Waals surface area contributed by atoms with E-state index in [4.69, 9.17) is 0 Å². The Hall–Kier alpha value is -2.07. The molecule has 0 spiro atoms. The van der Waals surface area contributed by atoms with E-state index in [0.717, 1.165) is 24.6 Å². The van der Waals surface area contributed by atoms with Crippen LogP contribution in [0.3, 0.4) is 0 Å². The smallest absolute Gasteiger partial charge is 0.132 e. The van der Waals surface area contributed by atoms with Gasteiger partial charge in [0.15, 0.2) is 0 Å². The Kier molecular flexibility index (Phi) is 3.83. The zero-order valence-electron chi connectivity index (χ0n) is 11.7. The van der Waals surface area contributed by atoms with Crippen LogP contribution in [0.15, 0.2) is 48.7 Å². The molecule has 0 saturated carbocycles. The predicted molar refractivity (Wildman–Crippen MR) is 83.6 cm³/mol. The van der Waals surface area contributed by atoms with Crippen LogP contribution in [0, 0.1) is 0 Å². The summed E-state index contributed by atoms with van der Waals surface area (Å²) in [5, 5.41) is 6.68. The zero-order chi connectivity index (χ0) is 13.8. The molecular weight excluding hydrogens is 248 g/mol. The van der Waals surface area contributed by atoms with Crippen LogP contribution >= 0.6 is 0 Å². The monoisotopic (exact) mass is 268 g/mol. The molecule has 1 aromatic carbocycles. The number of hydrogen-bond donors (Lipinski definition) is 2. The van der Waals surface area contributed by atoms with E-state index in [1.54, 1.807) is 0 Å². The molecule has 0 radical (unpaired) electrons. The summed E-state index contributed by atoms with van der Waals surface area (Å²) >= 11 is 0. The molecule has 1 aliphatic rings. The highest BCUT2D eigenvalue weighted by molar-refractivity contribution is 5.61. The highest BCUT2D eigenvalue weighted by atomic mass is 15.2. The lowest BCUT2D eigenvalue weighted by atomic mass is 10.3. The number of nitrogens with one attached hydrogen (secondary N) is 2. The van der Waals surface area contributed by atoms with Crippen molar-refractivity contribution in [2.24, 2.45) is 0 Å². The van der Waals surface area contributed by atoms with Gasteiger partial charge in [-0.2, -0.15) is 0 Å². The lowest BCUT2D eigenvalue weighted by Crippen LogP contribution is -2.29. The van der Waals surface area contributed by atoms with Crippen LogP contribution in [0.1, 0.15) is 6.42 Å². The van der Waals surface area contributed by atoms with Crippen molar-refractivity contribution >= 4 is 17.2 Å². The molecule has 2 N–H and O–H groups in total. The van der Waals surface area contributed by atoms with Crippen molar-refractivity contribution in [1.29, 1.82) is 0 Å². The number of benzene rings is 1. The third-order valence-corrected chi connectivity index (χ3v) is 3.75. The first-order valence-corrected chi connectivity index (χ1v) is 7.05. The molecule has 0 aliphatic carbocycles. The number of para-hydroxylation sites is 1. The largest absolute Gasteiger partial charge is 0.370 e. The van der Waals surface area contributed by atoms with E-state index in [-0.39, 0.29) is 0 Å². The average Bonchev–Trinajstić information content (AvgIpc) is 2.98. The van der Waals surface area contributed by atoms with Gasteiger partial charge in [-0.15, -0.1) is 0 Å². The van der Waals surface area contributed by atoms with Crippen molar-refractivity contribution in [3.8, 4) is 0 Å². The Morgan fingerprint density at radius 3 is 2.80 bits per heavy atom. The second kappa shape index (κ2) is 5.92. The minimum absolute atomic E-state index is 0.591. The number of likely N-dealkylation sites (N-methyl/N-ethyl adjacent to an activating group) is 1. The number of pyridine rings is 1. The minimum atomic E-state index is 0.591. The minimum Gasteiger partial charge on any atom is -0.370 e. The summed E-state index contributed by atoms with van der Waals surface area (Å²) in [7, 11) is 2.03. The number of aromatic nitrogens is 1. The second-order valence-corrected chi connectivity index (χ2v) is 5.11. The molecular formula is C16H20N4. The van der Waals surface area contributed by atoms with Gasteiger partial charge in [0.25, 0.3) is 0 Å². The van der Waals surface area contributed by atoms with Gasteiger partial charge in [0, 0.05) is 42.8 Å². The molecule has 1 saturated heterocycles. The molecule has 2 heterocycles. The Labute approximate surface area is 119 Å². The number of rotatable bonds is 4. The molecule has 1 aliphatic heterocycles. The fourth-order valence-electron chi connectivity index (χ4n) is 2.58. The summed E-state index contributed by atoms with van der Waals surface area (Å²) in [5.41, 5.74) is 2.29. The topological polar surface area (TPSA) is 40.2 Å². The Morgan fingerprint density at radius 2 is 2.05 bits per heavy atom. The highest BCUT2D eigenvalue weighted by Gasteiger charge is 2.21. The van der Waals surface area contributed by atoms with Gasteiger partial charge in [0.2, 0.25) is 0 Å². The van der Waals surface area contributed by atoms with Crippen LogP contribution in [0.5, 0.6) is 0 Å². The van der Waals surface area contributed by atoms with Crippen molar-refractivity contribution in [1.82, 2.24) is 10.3 Å². The van der Waals surface area contributed by atoms with E-state index < -0.39 is 0 Å². The first-order valence-electron chi connectivity index (χ1n) is 7.05. The Morgan fingerprint density at radius 1 is 1.20 bits per heavy atom. The van der Waals surface area contributed by atoms with Crippen molar-refractivity contribution < 1.29 is 0 Å². The van der Waals surface area contributed by atoms with Crippen molar-refractivity contribution in [3.05, 3.63) is 48.7 Å². The van der Waals surface area contributed by atoms with Gasteiger partial charge in [0.05, 0.1) is 0 Å². The quantitative estimate of drug-likeness (QED) is 0.894. The van der Waals surface area contributed by atoms with Crippen LogP contribution in [0.2, 0.25) is 0 Å². The van der Waals surface area contributed by atoms with E-state index in [1.165, 1.54) is 12.1 Å². The molecule has 2 aromatic rings. The fourth-order valence-corrected chi connectivity index (χ4v) is 2.58. The third kappa shape index (κ3) is 2.91. The van der Waals surface area contributed by atoms with Crippen molar-refractivity contribution in [3.63, 3.8) is 0 Å². The fraction of sp³-hybridized carbons (Fsp3) is 0.312. The number of anilines is 3. The summed E-state index contributed by atoms with van der Waals surface area (Å²) in [6, 6.07) is 14.9. The van der Waals surface area contributed by atoms with E-state index in [2.05, 4.69) is 32.7 Å². The molecule has 4 nitrogen and oxygen atoms in total. The summed E-state index contributed by atoms with van der Waals surface area (Å²) in [4.78, 5) is 6.79. The number of nitrogens with zero attached hydrogens (tertiary/aromatic N) is 2. The summed E-state index contributed by atoms with van der Waals surface area (Å²) < 4.78 is 0. The molecule has 1 atom stereocenters. The predicted octanol–water partition coefficient (Wildman–Crippen LogP) is 2.62. The summed E-state index contributed by atoms with van der Waals surface area (Å²) in [6.45, 7) is 2.16. The molecule has 0 unspecified atom stereocenters. The SMILES string of the molecule is CN[C@@H]1CCN(c2ccnc(Nc3ccccc3)c2)C1. The maximum Gasteiger partial charge on any atom is 0.132 e. The molecule has 3 rings (SSSR count). The zero-order valence-corrected chi connectivity index (χ0v) is 11.7. The van der Waals surface area contributed by atoms with E-state index in [0.29, 0.717) is 6.04 Å². The van der Waals surface area contributed by atoms with Crippen LogP contribution in [-0.2, 0) is 0 Å². The van der Waals surface area contributed by atoms with Gasteiger partial charge in [0.1, 0.15) is 5.82 Å². The van der Waals surface area contributed by atoms with E-state index in [1.807, 2.05) is 43.6 Å². The summed E-state index contributed by atoms with van der Waals surface area (Å²) in [5.74, 6) is 0.890. The van der Waals surface area contributed by atoms with Gasteiger partial charge >= 0.3 is 0 Å². The third-order valence-electron chi connectivity index (χ3n) is 3.75. The number of hydrogen-bond acceptors (Lipinski definition) is 4. The maximum absolute atomic E-state index is 4.39. The Balaban J connectivity index is 1.73. The van der Waals surface area contributed by atoms with Crippen LogP contribution in [-0.4, -0.2) is 31.2 Å². The average molecular weight is 268 g/mol. The van der Waals surface area contributed by atoms with Gasteiger partial charge in [-0.1, -0.05) is 18.2 Å². The van der Waals surface area contributed by atoms with Gasteiger partial charge in [-0.05, 0) is 31.7 Å².